The first-order valence-electron chi connectivity index (χ1n) is 9.92. The molecule has 1 fully saturated rings. The molecule has 0 radical (unpaired) electrons. The molecule has 0 unspecified atom stereocenters. The Bertz CT molecular complexity index is 843. The average molecular weight is 364 g/mol. The lowest BCUT2D eigenvalue weighted by Crippen LogP contribution is -2.19. The fourth-order valence-electron chi connectivity index (χ4n) is 4.04. The quantitative estimate of drug-likeness (QED) is 0.691. The van der Waals surface area contributed by atoms with Gasteiger partial charge < -0.3 is 5.32 Å². The van der Waals surface area contributed by atoms with Crippen LogP contribution in [0.4, 0.5) is 0 Å². The van der Waals surface area contributed by atoms with E-state index >= 15 is 0 Å². The van der Waals surface area contributed by atoms with Crippen LogP contribution in [0, 0.1) is 0 Å². The van der Waals surface area contributed by atoms with Crippen LogP contribution in [-0.2, 0) is 13.6 Å². The van der Waals surface area contributed by atoms with E-state index in [0.717, 1.165) is 24.0 Å². The summed E-state index contributed by atoms with van der Waals surface area (Å²) in [7, 11) is 1.98. The van der Waals surface area contributed by atoms with E-state index in [4.69, 9.17) is 5.10 Å². The Morgan fingerprint density at radius 1 is 1.19 bits per heavy atom. The van der Waals surface area contributed by atoms with Crippen molar-refractivity contribution in [3.63, 3.8) is 0 Å². The molecule has 1 saturated carbocycles. The fraction of sp³-hybridized carbons (Fsp3) is 0.476. The smallest absolute Gasteiger partial charge is 0.141 e. The van der Waals surface area contributed by atoms with Gasteiger partial charge in [0.1, 0.15) is 12.2 Å². The summed E-state index contributed by atoms with van der Waals surface area (Å²) in [5, 5.41) is 15.0. The Labute approximate surface area is 160 Å². The van der Waals surface area contributed by atoms with Crippen LogP contribution < -0.4 is 5.32 Å². The van der Waals surface area contributed by atoms with E-state index in [9.17, 15) is 0 Å². The topological polar surface area (TPSA) is 71.4 Å². The maximum Gasteiger partial charge on any atom is 0.141 e. The van der Waals surface area contributed by atoms with Gasteiger partial charge in [-0.05, 0) is 31.2 Å². The lowest BCUT2D eigenvalue weighted by atomic mass is 9.84. The largest absolute Gasteiger partial charge is 0.303 e. The van der Waals surface area contributed by atoms with Crippen LogP contribution in [0.25, 0.3) is 11.3 Å². The molecule has 1 aromatic carbocycles. The van der Waals surface area contributed by atoms with Crippen molar-refractivity contribution in [2.75, 3.05) is 0 Å². The number of hydrogen-bond acceptors (Lipinski definition) is 4. The number of aromatic amines is 1. The Kier molecular flexibility index (Phi) is 5.34. The molecule has 4 rings (SSSR count). The molecule has 1 aliphatic carbocycles. The number of rotatable bonds is 6. The normalized spacial score (nSPS) is 16.5. The van der Waals surface area contributed by atoms with Crippen LogP contribution in [0.15, 0.2) is 36.8 Å². The van der Waals surface area contributed by atoms with E-state index in [1.807, 2.05) is 11.7 Å². The van der Waals surface area contributed by atoms with E-state index < -0.39 is 0 Å². The lowest BCUT2D eigenvalue weighted by molar-refractivity contribution is 0.443. The lowest BCUT2D eigenvalue weighted by Gasteiger charge is -2.22. The minimum atomic E-state index is 0.106. The summed E-state index contributed by atoms with van der Waals surface area (Å²) in [6.45, 7) is 2.81. The zero-order valence-electron chi connectivity index (χ0n) is 16.2. The van der Waals surface area contributed by atoms with Gasteiger partial charge in [-0.15, -0.1) is 0 Å². The van der Waals surface area contributed by atoms with E-state index in [1.54, 1.807) is 0 Å². The van der Waals surface area contributed by atoms with Crippen LogP contribution in [0.5, 0.6) is 0 Å². The number of benzene rings is 1. The summed E-state index contributed by atoms with van der Waals surface area (Å²) in [4.78, 5) is 4.22. The molecule has 142 valence electrons. The molecule has 2 N–H and O–H groups in total. The minimum Gasteiger partial charge on any atom is -0.303 e. The predicted octanol–water partition coefficient (Wildman–Crippen LogP) is 4.10. The van der Waals surface area contributed by atoms with Gasteiger partial charge in [-0.1, -0.05) is 43.5 Å². The highest BCUT2D eigenvalue weighted by atomic mass is 15.3. The van der Waals surface area contributed by atoms with Gasteiger partial charge in [0, 0.05) is 30.9 Å². The molecule has 0 saturated heterocycles. The number of aryl methyl sites for hydroxylation is 1. The van der Waals surface area contributed by atoms with Crippen LogP contribution in [0.1, 0.15) is 67.9 Å². The number of nitrogens with zero attached hydrogens (tertiary/aromatic N) is 4. The van der Waals surface area contributed by atoms with Crippen LogP contribution in [0.2, 0.25) is 0 Å². The summed E-state index contributed by atoms with van der Waals surface area (Å²) in [6, 6.07) is 9.17. The first-order valence-corrected chi connectivity index (χ1v) is 9.92. The van der Waals surface area contributed by atoms with Crippen LogP contribution in [0.3, 0.4) is 0 Å². The standard InChI is InChI=1S/C21H28N6/c1-15(21-23-14-24-25-21)22-12-19-13-27(2)26-20(19)18-10-8-17(9-11-18)16-6-4-3-5-7-16/h8-11,13-16,22H,3-7,12H2,1-2H3,(H,23,24,25)/t15-/m0/s1. The number of nitrogens with one attached hydrogen (secondary N) is 2. The third-order valence-corrected chi connectivity index (χ3v) is 5.61. The second-order valence-electron chi connectivity index (χ2n) is 7.61. The first kappa shape index (κ1) is 17.9. The summed E-state index contributed by atoms with van der Waals surface area (Å²) in [5.41, 5.74) is 4.89. The van der Waals surface area contributed by atoms with E-state index in [0.29, 0.717) is 0 Å². The van der Waals surface area contributed by atoms with Crippen molar-refractivity contribution in [1.29, 1.82) is 0 Å². The monoisotopic (exact) mass is 364 g/mol. The molecule has 1 atom stereocenters. The summed E-state index contributed by atoms with van der Waals surface area (Å²) in [5.74, 6) is 1.58. The Morgan fingerprint density at radius 3 is 2.67 bits per heavy atom. The van der Waals surface area contributed by atoms with E-state index in [2.05, 4.69) is 57.9 Å². The van der Waals surface area contributed by atoms with Crippen molar-refractivity contribution >= 4 is 0 Å². The molecule has 2 aromatic heterocycles. The Hall–Kier alpha value is -2.47. The molecule has 3 aromatic rings. The zero-order chi connectivity index (χ0) is 18.6. The van der Waals surface area contributed by atoms with Gasteiger partial charge in [0.25, 0.3) is 0 Å². The van der Waals surface area contributed by atoms with Gasteiger partial charge in [0.2, 0.25) is 0 Å². The highest BCUT2D eigenvalue weighted by Crippen LogP contribution is 2.33. The molecule has 27 heavy (non-hydrogen) atoms. The molecular formula is C21H28N6. The van der Waals surface area contributed by atoms with Crippen LogP contribution >= 0.6 is 0 Å². The molecular weight excluding hydrogens is 336 g/mol. The third kappa shape index (κ3) is 4.11. The SMILES string of the molecule is C[C@H](NCc1cn(C)nc1-c1ccc(C2CCCCC2)cc1)c1ncn[nH]1. The molecule has 6 nitrogen and oxygen atoms in total. The van der Waals surface area contributed by atoms with Crippen molar-refractivity contribution in [3.8, 4) is 11.3 Å². The fourth-order valence-corrected chi connectivity index (χ4v) is 4.04. The summed E-state index contributed by atoms with van der Waals surface area (Å²) in [6.07, 6.45) is 10.4. The van der Waals surface area contributed by atoms with Crippen molar-refractivity contribution in [2.24, 2.45) is 7.05 Å². The van der Waals surface area contributed by atoms with Gasteiger partial charge in [0.05, 0.1) is 11.7 Å². The second kappa shape index (κ2) is 8.05. The van der Waals surface area contributed by atoms with Crippen molar-refractivity contribution < 1.29 is 0 Å². The zero-order valence-corrected chi connectivity index (χ0v) is 16.2. The molecule has 1 aliphatic rings. The van der Waals surface area contributed by atoms with Gasteiger partial charge in [-0.2, -0.15) is 10.2 Å². The number of H-pyrrole nitrogens is 1. The predicted molar refractivity (Wildman–Crippen MR) is 106 cm³/mol. The second-order valence-corrected chi connectivity index (χ2v) is 7.61. The van der Waals surface area contributed by atoms with Crippen molar-refractivity contribution in [1.82, 2.24) is 30.3 Å². The Balaban J connectivity index is 1.48. The Morgan fingerprint density at radius 2 is 1.96 bits per heavy atom. The van der Waals surface area contributed by atoms with Gasteiger partial charge >= 0.3 is 0 Å². The molecule has 0 amide bonds. The molecule has 2 heterocycles. The maximum atomic E-state index is 4.70. The maximum absolute atomic E-state index is 4.70. The molecule has 6 heteroatoms. The average Bonchev–Trinajstić information content (AvgIpc) is 3.37. The number of hydrogen-bond donors (Lipinski definition) is 2. The van der Waals surface area contributed by atoms with Gasteiger partial charge in [-0.3, -0.25) is 9.78 Å². The van der Waals surface area contributed by atoms with Gasteiger partial charge in [0.15, 0.2) is 0 Å². The van der Waals surface area contributed by atoms with Crippen molar-refractivity contribution in [2.45, 2.75) is 57.5 Å². The van der Waals surface area contributed by atoms with E-state index in [-0.39, 0.29) is 6.04 Å². The third-order valence-electron chi connectivity index (χ3n) is 5.61. The molecule has 0 aliphatic heterocycles. The van der Waals surface area contributed by atoms with E-state index in [1.165, 1.54) is 55.1 Å². The molecule has 0 bridgehead atoms. The van der Waals surface area contributed by atoms with Crippen LogP contribution in [-0.4, -0.2) is 25.0 Å². The van der Waals surface area contributed by atoms with Gasteiger partial charge in [-0.25, -0.2) is 4.98 Å². The highest BCUT2D eigenvalue weighted by Gasteiger charge is 2.17. The first-order chi connectivity index (χ1) is 13.2. The summed E-state index contributed by atoms with van der Waals surface area (Å²) >= 11 is 0. The molecule has 0 spiro atoms. The minimum absolute atomic E-state index is 0.106. The summed E-state index contributed by atoms with van der Waals surface area (Å²) < 4.78 is 1.89. The highest BCUT2D eigenvalue weighted by molar-refractivity contribution is 5.63. The van der Waals surface area contributed by atoms with Crippen molar-refractivity contribution in [3.05, 3.63) is 53.7 Å². The number of aromatic nitrogens is 5.